The number of carbonyl (C=O) groups is 1. The number of alkyl halides is 3. The van der Waals surface area contributed by atoms with E-state index in [4.69, 9.17) is 4.74 Å². The first-order chi connectivity index (χ1) is 23.1. The standard InChI is InChI=1S/C38H41F3N4O3S/c1-7-37(8-2,35(46)47)18-32-34(49-36(4,5)6)30-17-29(48-23-28-21-42-24(3)19-43-28)14-15-31(30)45(32)22-25-9-11-26(12-10-25)27-13-16-33(44-20-27)38(39,40)41/h9-17,19-21H,7-8,18,22-23H2,1-6H3,(H,46,47). The highest BCUT2D eigenvalue weighted by molar-refractivity contribution is 8.00. The van der Waals surface area contributed by atoms with Gasteiger partial charge in [-0.1, -0.05) is 65.0 Å². The lowest BCUT2D eigenvalue weighted by atomic mass is 9.78. The Morgan fingerprint density at radius 2 is 1.59 bits per heavy atom. The summed E-state index contributed by atoms with van der Waals surface area (Å²) in [7, 11) is 0. The predicted octanol–water partition coefficient (Wildman–Crippen LogP) is 9.77. The van der Waals surface area contributed by atoms with Crippen molar-refractivity contribution in [2.45, 2.75) is 89.8 Å². The van der Waals surface area contributed by atoms with Gasteiger partial charge in [0.25, 0.3) is 0 Å². The quantitative estimate of drug-likeness (QED) is 0.130. The molecule has 7 nitrogen and oxygen atoms in total. The van der Waals surface area contributed by atoms with Crippen LogP contribution >= 0.6 is 11.8 Å². The van der Waals surface area contributed by atoms with Crippen molar-refractivity contribution in [2.24, 2.45) is 5.41 Å². The number of carboxylic acid groups (broad SMARTS) is 1. The van der Waals surface area contributed by atoms with Crippen molar-refractivity contribution in [1.29, 1.82) is 0 Å². The van der Waals surface area contributed by atoms with E-state index in [1.54, 1.807) is 24.2 Å². The highest BCUT2D eigenvalue weighted by Gasteiger charge is 2.38. The van der Waals surface area contributed by atoms with Crippen LogP contribution in [0.15, 0.2) is 78.1 Å². The van der Waals surface area contributed by atoms with Crippen LogP contribution in [-0.2, 0) is 30.5 Å². The van der Waals surface area contributed by atoms with Crippen LogP contribution in [0.2, 0.25) is 0 Å². The van der Waals surface area contributed by atoms with Crippen LogP contribution in [0.4, 0.5) is 13.2 Å². The van der Waals surface area contributed by atoms with Crippen LogP contribution in [0.5, 0.6) is 5.75 Å². The smallest absolute Gasteiger partial charge is 0.433 e. The molecule has 0 spiro atoms. The van der Waals surface area contributed by atoms with Crippen molar-refractivity contribution in [3.8, 4) is 16.9 Å². The van der Waals surface area contributed by atoms with Crippen LogP contribution in [-0.4, -0.2) is 35.3 Å². The first-order valence-corrected chi connectivity index (χ1v) is 17.0. The zero-order chi connectivity index (χ0) is 35.6. The Balaban J connectivity index is 1.58. The van der Waals surface area contributed by atoms with E-state index in [1.807, 2.05) is 63.2 Å². The van der Waals surface area contributed by atoms with Gasteiger partial charge in [-0.2, -0.15) is 13.2 Å². The largest absolute Gasteiger partial charge is 0.487 e. The molecule has 0 atom stereocenters. The molecule has 0 radical (unpaired) electrons. The number of carboxylic acids is 1. The summed E-state index contributed by atoms with van der Waals surface area (Å²) in [6.07, 6.45) is 1.42. The minimum Gasteiger partial charge on any atom is -0.487 e. The lowest BCUT2D eigenvalue weighted by Gasteiger charge is -2.29. The van der Waals surface area contributed by atoms with E-state index < -0.39 is 23.3 Å². The molecule has 0 fully saturated rings. The van der Waals surface area contributed by atoms with Crippen molar-refractivity contribution in [2.75, 3.05) is 0 Å². The minimum absolute atomic E-state index is 0.177. The Morgan fingerprint density at radius 1 is 0.898 bits per heavy atom. The molecule has 0 saturated carbocycles. The normalized spacial score (nSPS) is 12.4. The van der Waals surface area contributed by atoms with Crippen molar-refractivity contribution in [3.05, 3.63) is 102 Å². The second-order valence-electron chi connectivity index (χ2n) is 13.3. The van der Waals surface area contributed by atoms with Crippen molar-refractivity contribution < 1.29 is 27.8 Å². The maximum atomic E-state index is 13.0. The number of aryl methyl sites for hydroxylation is 1. The third kappa shape index (κ3) is 8.26. The van der Waals surface area contributed by atoms with E-state index in [0.717, 1.165) is 44.4 Å². The van der Waals surface area contributed by atoms with Gasteiger partial charge in [0.15, 0.2) is 0 Å². The molecule has 0 unspecified atom stereocenters. The number of fused-ring (bicyclic) bond motifs is 1. The molecule has 11 heteroatoms. The fraction of sp³-hybridized carbons (Fsp3) is 0.368. The lowest BCUT2D eigenvalue weighted by Crippen LogP contribution is -2.33. The van der Waals surface area contributed by atoms with Gasteiger partial charge in [0, 0.05) is 57.2 Å². The van der Waals surface area contributed by atoms with Crippen LogP contribution in [0.25, 0.3) is 22.0 Å². The van der Waals surface area contributed by atoms with E-state index >= 15 is 0 Å². The van der Waals surface area contributed by atoms with Crippen molar-refractivity contribution in [1.82, 2.24) is 19.5 Å². The molecule has 0 saturated heterocycles. The first-order valence-electron chi connectivity index (χ1n) is 16.2. The minimum atomic E-state index is -4.50. The zero-order valence-corrected chi connectivity index (χ0v) is 29.4. The molecular formula is C38H41F3N4O3S. The number of aromatic nitrogens is 4. The molecule has 0 aliphatic carbocycles. The number of hydrogen-bond donors (Lipinski definition) is 1. The van der Waals surface area contributed by atoms with Crippen molar-refractivity contribution >= 4 is 28.6 Å². The molecule has 3 aromatic heterocycles. The van der Waals surface area contributed by atoms with E-state index in [-0.39, 0.29) is 11.4 Å². The number of aliphatic carboxylic acids is 1. The summed E-state index contributed by atoms with van der Waals surface area (Å²) >= 11 is 1.71. The molecule has 3 heterocycles. The third-order valence-electron chi connectivity index (χ3n) is 8.72. The van der Waals surface area contributed by atoms with E-state index in [1.165, 1.54) is 12.3 Å². The number of ether oxygens (including phenoxy) is 1. The number of hydrogen-bond acceptors (Lipinski definition) is 6. The molecule has 0 amide bonds. The third-order valence-corrected chi connectivity index (χ3v) is 9.99. The summed E-state index contributed by atoms with van der Waals surface area (Å²) in [6, 6.07) is 16.0. The molecule has 1 N–H and O–H groups in total. The Hall–Kier alpha value is -4.38. The Morgan fingerprint density at radius 3 is 2.14 bits per heavy atom. The molecule has 0 aliphatic rings. The number of nitrogens with zero attached hydrogens (tertiary/aromatic N) is 4. The predicted molar refractivity (Wildman–Crippen MR) is 187 cm³/mol. The average molecular weight is 691 g/mol. The van der Waals surface area contributed by atoms with Gasteiger partial charge >= 0.3 is 12.1 Å². The Kier molecular flexibility index (Phi) is 10.4. The maximum absolute atomic E-state index is 13.0. The summed E-state index contributed by atoms with van der Waals surface area (Å²) in [4.78, 5) is 26.1. The molecule has 258 valence electrons. The van der Waals surface area contributed by atoms with Gasteiger partial charge < -0.3 is 14.4 Å². The fourth-order valence-electron chi connectivity index (χ4n) is 5.79. The summed E-state index contributed by atoms with van der Waals surface area (Å²) < 4.78 is 47.3. The molecule has 49 heavy (non-hydrogen) atoms. The van der Waals surface area contributed by atoms with E-state index in [2.05, 4.69) is 40.3 Å². The number of pyridine rings is 1. The number of rotatable bonds is 12. The summed E-state index contributed by atoms with van der Waals surface area (Å²) in [5.41, 5.74) is 3.82. The Labute approximate surface area is 289 Å². The second-order valence-corrected chi connectivity index (χ2v) is 15.1. The number of thioether (sulfide) groups is 1. The van der Waals surface area contributed by atoms with Crippen LogP contribution in [0.3, 0.4) is 0 Å². The first kappa shape index (κ1) is 35.9. The van der Waals surface area contributed by atoms with Gasteiger partial charge in [-0.05, 0) is 55.2 Å². The lowest BCUT2D eigenvalue weighted by molar-refractivity contribution is -0.149. The molecule has 2 aromatic carbocycles. The van der Waals surface area contributed by atoms with Gasteiger partial charge in [-0.3, -0.25) is 19.7 Å². The molecule has 5 aromatic rings. The zero-order valence-electron chi connectivity index (χ0n) is 28.6. The van der Waals surface area contributed by atoms with Crippen LogP contribution in [0, 0.1) is 12.3 Å². The van der Waals surface area contributed by atoms with Crippen LogP contribution in [0.1, 0.15) is 75.8 Å². The monoisotopic (exact) mass is 690 g/mol. The molecule has 0 bridgehead atoms. The molecular weight excluding hydrogens is 650 g/mol. The fourth-order valence-corrected chi connectivity index (χ4v) is 6.98. The maximum Gasteiger partial charge on any atom is 0.433 e. The average Bonchev–Trinajstić information content (AvgIpc) is 3.32. The van der Waals surface area contributed by atoms with E-state index in [0.29, 0.717) is 42.8 Å². The topological polar surface area (TPSA) is 90.1 Å². The van der Waals surface area contributed by atoms with E-state index in [9.17, 15) is 23.1 Å². The second kappa shape index (κ2) is 14.2. The molecule has 0 aliphatic heterocycles. The van der Waals surface area contributed by atoms with Gasteiger partial charge in [-0.15, -0.1) is 11.8 Å². The SMILES string of the molecule is CCC(CC)(Cc1c(SC(C)(C)C)c2cc(OCc3cnc(C)cn3)ccc2n1Cc1ccc(-c2ccc(C(F)(F)F)nc2)cc1)C(=O)O. The summed E-state index contributed by atoms with van der Waals surface area (Å²) in [6.45, 7) is 12.9. The Bertz CT molecular complexity index is 1910. The highest BCUT2D eigenvalue weighted by atomic mass is 32.2. The summed E-state index contributed by atoms with van der Waals surface area (Å²) in [5, 5.41) is 11.5. The highest BCUT2D eigenvalue weighted by Crippen LogP contribution is 2.45. The summed E-state index contributed by atoms with van der Waals surface area (Å²) in [5.74, 6) is -0.155. The van der Waals surface area contributed by atoms with Crippen molar-refractivity contribution in [3.63, 3.8) is 0 Å². The van der Waals surface area contributed by atoms with Gasteiger partial charge in [0.2, 0.25) is 0 Å². The van der Waals surface area contributed by atoms with Crippen LogP contribution < -0.4 is 4.74 Å². The molecule has 5 rings (SSSR count). The van der Waals surface area contributed by atoms with Gasteiger partial charge in [-0.25, -0.2) is 0 Å². The van der Waals surface area contributed by atoms with Gasteiger partial charge in [0.05, 0.1) is 23.0 Å². The number of benzene rings is 2. The number of halogens is 3. The van der Waals surface area contributed by atoms with Gasteiger partial charge in [0.1, 0.15) is 18.1 Å².